The van der Waals surface area contributed by atoms with Crippen LogP contribution in [0.3, 0.4) is 0 Å². The van der Waals surface area contributed by atoms with Crippen molar-refractivity contribution in [3.8, 4) is 11.1 Å². The van der Waals surface area contributed by atoms with Gasteiger partial charge in [0.15, 0.2) is 0 Å². The summed E-state index contributed by atoms with van der Waals surface area (Å²) >= 11 is 1.13. The lowest BCUT2D eigenvalue weighted by Gasteiger charge is -2.07. The Hall–Kier alpha value is -2.99. The molecule has 3 aromatic rings. The molecule has 1 heterocycles. The summed E-state index contributed by atoms with van der Waals surface area (Å²) in [6.07, 6.45) is 0.893. The number of carboxylic acids is 1. The average Bonchev–Trinajstić information content (AvgIpc) is 3.05. The van der Waals surface area contributed by atoms with Crippen LogP contribution < -0.4 is 5.32 Å². The third-order valence-electron chi connectivity index (χ3n) is 3.99. The number of carbonyl (C=O) groups excluding carboxylic acids is 1. The van der Waals surface area contributed by atoms with Gasteiger partial charge in [-0.05, 0) is 35.7 Å². The monoisotopic (exact) mass is 369 g/mol. The van der Waals surface area contributed by atoms with Gasteiger partial charge in [0.05, 0.1) is 0 Å². The van der Waals surface area contributed by atoms with Gasteiger partial charge in [0.25, 0.3) is 5.91 Å². The number of hydrogen-bond acceptors (Lipinski definition) is 3. The third kappa shape index (κ3) is 3.65. The molecule has 0 bridgehead atoms. The fraction of sp³-hybridized carbons (Fsp3) is 0.100. The minimum atomic E-state index is -1.13. The first kappa shape index (κ1) is 17.8. The molecule has 0 aliphatic heterocycles. The molecule has 0 unspecified atom stereocenters. The van der Waals surface area contributed by atoms with Crippen LogP contribution in [-0.2, 0) is 6.42 Å². The largest absolute Gasteiger partial charge is 0.478 e. The molecule has 0 spiro atoms. The van der Waals surface area contributed by atoms with Gasteiger partial charge < -0.3 is 10.4 Å². The lowest BCUT2D eigenvalue weighted by Crippen LogP contribution is -2.13. The third-order valence-corrected chi connectivity index (χ3v) is 4.89. The summed E-state index contributed by atoms with van der Waals surface area (Å²) in [7, 11) is 0. The van der Waals surface area contributed by atoms with Crippen molar-refractivity contribution in [1.29, 1.82) is 0 Å². The van der Waals surface area contributed by atoms with Crippen LogP contribution in [0, 0.1) is 5.82 Å². The van der Waals surface area contributed by atoms with Gasteiger partial charge in [0, 0.05) is 16.5 Å². The minimum Gasteiger partial charge on any atom is -0.478 e. The van der Waals surface area contributed by atoms with Gasteiger partial charge in [-0.2, -0.15) is 0 Å². The molecule has 132 valence electrons. The van der Waals surface area contributed by atoms with Crippen LogP contribution in [-0.4, -0.2) is 17.0 Å². The Kier molecular flexibility index (Phi) is 5.14. The lowest BCUT2D eigenvalue weighted by atomic mass is 10.0. The van der Waals surface area contributed by atoms with E-state index in [1.54, 1.807) is 5.38 Å². The van der Waals surface area contributed by atoms with Gasteiger partial charge in [-0.15, -0.1) is 11.3 Å². The lowest BCUT2D eigenvalue weighted by molar-refractivity contribution is 0.0699. The maximum Gasteiger partial charge on any atom is 0.339 e. The van der Waals surface area contributed by atoms with Crippen LogP contribution in [0.15, 0.2) is 53.9 Å². The number of amides is 1. The Morgan fingerprint density at radius 3 is 2.50 bits per heavy atom. The molecule has 1 aromatic heterocycles. The van der Waals surface area contributed by atoms with Gasteiger partial charge in [0.2, 0.25) is 0 Å². The van der Waals surface area contributed by atoms with E-state index in [2.05, 4.69) is 5.32 Å². The van der Waals surface area contributed by atoms with E-state index >= 15 is 0 Å². The predicted octanol–water partition coefficient (Wildman–Crippen LogP) is 5.07. The number of benzene rings is 2. The molecule has 0 aliphatic carbocycles. The van der Waals surface area contributed by atoms with E-state index < -0.39 is 17.7 Å². The molecule has 3 rings (SSSR count). The second-order valence-electron chi connectivity index (χ2n) is 5.67. The molecule has 4 nitrogen and oxygen atoms in total. The molecule has 26 heavy (non-hydrogen) atoms. The zero-order chi connectivity index (χ0) is 18.7. The molecule has 6 heteroatoms. The van der Waals surface area contributed by atoms with Gasteiger partial charge >= 0.3 is 5.97 Å². The van der Waals surface area contributed by atoms with Crippen LogP contribution >= 0.6 is 11.3 Å². The number of rotatable bonds is 5. The summed E-state index contributed by atoms with van der Waals surface area (Å²) in [5, 5.41) is 14.1. The van der Waals surface area contributed by atoms with Crippen LogP contribution in [0.1, 0.15) is 33.2 Å². The van der Waals surface area contributed by atoms with Gasteiger partial charge in [-0.3, -0.25) is 4.79 Å². The van der Waals surface area contributed by atoms with Crippen LogP contribution in [0.25, 0.3) is 11.1 Å². The van der Waals surface area contributed by atoms with Crippen molar-refractivity contribution >= 4 is 28.2 Å². The van der Waals surface area contributed by atoms with E-state index in [1.807, 2.05) is 31.2 Å². The quantitative estimate of drug-likeness (QED) is 0.660. The topological polar surface area (TPSA) is 66.4 Å². The Morgan fingerprint density at radius 2 is 1.88 bits per heavy atom. The molecule has 0 atom stereocenters. The van der Waals surface area contributed by atoms with E-state index in [9.17, 15) is 19.1 Å². The summed E-state index contributed by atoms with van der Waals surface area (Å²) in [6.45, 7) is 2.04. The van der Waals surface area contributed by atoms with Crippen molar-refractivity contribution in [2.75, 3.05) is 5.32 Å². The highest BCUT2D eigenvalue weighted by atomic mass is 32.1. The van der Waals surface area contributed by atoms with Crippen LogP contribution in [0.4, 0.5) is 9.39 Å². The minimum absolute atomic E-state index is 0.0315. The molecule has 0 saturated heterocycles. The molecule has 1 amide bonds. The van der Waals surface area contributed by atoms with Crippen molar-refractivity contribution in [3.05, 3.63) is 76.4 Å². The first-order valence-corrected chi connectivity index (χ1v) is 8.88. The van der Waals surface area contributed by atoms with E-state index in [0.29, 0.717) is 5.56 Å². The second-order valence-corrected chi connectivity index (χ2v) is 6.55. The summed E-state index contributed by atoms with van der Waals surface area (Å²) in [4.78, 5) is 24.1. The predicted molar refractivity (Wildman–Crippen MR) is 100 cm³/mol. The number of nitrogens with one attached hydrogen (secondary N) is 1. The van der Waals surface area contributed by atoms with Gasteiger partial charge in [-0.25, -0.2) is 9.18 Å². The second kappa shape index (κ2) is 7.49. The first-order chi connectivity index (χ1) is 12.5. The molecule has 0 fully saturated rings. The molecular weight excluding hydrogens is 353 g/mol. The fourth-order valence-corrected chi connectivity index (χ4v) is 3.56. The number of halogens is 1. The Labute approximate surface area is 153 Å². The highest BCUT2D eigenvalue weighted by Gasteiger charge is 2.21. The van der Waals surface area contributed by atoms with E-state index in [-0.39, 0.29) is 16.1 Å². The Balaban J connectivity index is 1.94. The number of anilines is 1. The first-order valence-electron chi connectivity index (χ1n) is 8.00. The van der Waals surface area contributed by atoms with Crippen molar-refractivity contribution in [2.45, 2.75) is 13.3 Å². The van der Waals surface area contributed by atoms with Crippen molar-refractivity contribution in [1.82, 2.24) is 0 Å². The number of thiophene rings is 1. The number of hydrogen-bond donors (Lipinski definition) is 2. The highest BCUT2D eigenvalue weighted by Crippen LogP contribution is 2.36. The van der Waals surface area contributed by atoms with E-state index in [4.69, 9.17) is 0 Å². The zero-order valence-corrected chi connectivity index (χ0v) is 14.8. The zero-order valence-electron chi connectivity index (χ0n) is 14.0. The van der Waals surface area contributed by atoms with Crippen molar-refractivity contribution in [3.63, 3.8) is 0 Å². The number of carboxylic acid groups (broad SMARTS) is 1. The van der Waals surface area contributed by atoms with Crippen molar-refractivity contribution in [2.24, 2.45) is 0 Å². The number of carbonyl (C=O) groups is 2. The van der Waals surface area contributed by atoms with E-state index in [1.165, 1.54) is 18.2 Å². The van der Waals surface area contributed by atoms with Gasteiger partial charge in [0.1, 0.15) is 16.4 Å². The molecule has 2 aromatic carbocycles. The summed E-state index contributed by atoms with van der Waals surface area (Å²) < 4.78 is 13.3. The molecule has 0 saturated carbocycles. The molecule has 2 N–H and O–H groups in total. The molecule has 0 radical (unpaired) electrons. The van der Waals surface area contributed by atoms with E-state index in [0.717, 1.165) is 35.0 Å². The maximum absolute atomic E-state index is 13.3. The molecule has 0 aliphatic rings. The maximum atomic E-state index is 13.3. The van der Waals surface area contributed by atoms with Gasteiger partial charge in [-0.1, -0.05) is 37.3 Å². The highest BCUT2D eigenvalue weighted by molar-refractivity contribution is 7.15. The summed E-state index contributed by atoms with van der Waals surface area (Å²) in [5.74, 6) is -2.21. The normalized spacial score (nSPS) is 10.5. The number of aryl methyl sites for hydroxylation is 1. The summed E-state index contributed by atoms with van der Waals surface area (Å²) in [5.41, 5.74) is 2.62. The Morgan fingerprint density at radius 1 is 1.15 bits per heavy atom. The number of aromatic carboxylic acids is 1. The van der Waals surface area contributed by atoms with Crippen molar-refractivity contribution < 1.29 is 19.1 Å². The Bertz CT molecular complexity index is 963. The van der Waals surface area contributed by atoms with Crippen LogP contribution in [0.5, 0.6) is 0 Å². The fourth-order valence-electron chi connectivity index (χ4n) is 2.60. The van der Waals surface area contributed by atoms with Crippen LogP contribution in [0.2, 0.25) is 0 Å². The standard InChI is InChI=1S/C20H16FNO3S/c1-2-12-6-8-13(9-7-12)16-11-26-19(17(16)20(24)25)22-18(23)14-4-3-5-15(21)10-14/h3-11H,2H2,1H3,(H,22,23)(H,24,25). The smallest absolute Gasteiger partial charge is 0.339 e. The SMILES string of the molecule is CCc1ccc(-c2csc(NC(=O)c3cccc(F)c3)c2C(=O)O)cc1. The average molecular weight is 369 g/mol. The molecular formula is C20H16FNO3S. The summed E-state index contributed by atoms with van der Waals surface area (Å²) in [6, 6.07) is 12.9.